The van der Waals surface area contributed by atoms with Crippen molar-refractivity contribution in [2.75, 3.05) is 0 Å². The molecule has 0 bridgehead atoms. The maximum atomic E-state index is 12.4. The molecule has 0 aliphatic rings. The first-order chi connectivity index (χ1) is 8.99. The minimum atomic E-state index is -4.89. The number of ether oxygens (including phenoxy) is 2. The van der Waals surface area contributed by atoms with Crippen LogP contribution in [0.5, 0.6) is 0 Å². The summed E-state index contributed by atoms with van der Waals surface area (Å²) in [6.45, 7) is 2.15. The number of carbonyl (C=O) groups excluding carboxylic acids is 2. The van der Waals surface area contributed by atoms with Gasteiger partial charge < -0.3 is 9.47 Å². The van der Waals surface area contributed by atoms with Crippen LogP contribution in [0.1, 0.15) is 34.1 Å². The molecule has 0 atom stereocenters. The first-order valence-electron chi connectivity index (χ1n) is 5.57. The van der Waals surface area contributed by atoms with E-state index in [-0.39, 0.29) is 0 Å². The van der Waals surface area contributed by atoms with Gasteiger partial charge >= 0.3 is 24.3 Å². The molecule has 21 heavy (non-hydrogen) atoms. The van der Waals surface area contributed by atoms with Crippen LogP contribution in [0, 0.1) is 0 Å². The van der Waals surface area contributed by atoms with Gasteiger partial charge in [0.15, 0.2) is 0 Å². The normalized spacial score (nSPS) is 13.8. The molecular weight excluding hydrogens is 310 g/mol. The average molecular weight is 324 g/mol. The number of rotatable bonds is 4. The molecule has 0 aromatic carbocycles. The van der Waals surface area contributed by atoms with Crippen molar-refractivity contribution in [3.8, 4) is 0 Å². The first kappa shape index (κ1) is 19.5. The van der Waals surface area contributed by atoms with Crippen LogP contribution in [0.2, 0.25) is 0 Å². The van der Waals surface area contributed by atoms with Crippen molar-refractivity contribution in [3.63, 3.8) is 0 Å². The third-order valence-electron chi connectivity index (χ3n) is 2.39. The van der Waals surface area contributed by atoms with Crippen LogP contribution >= 0.6 is 0 Å². The Kier molecular flexibility index (Phi) is 5.32. The van der Waals surface area contributed by atoms with Gasteiger partial charge in [-0.15, -0.1) is 0 Å². The molecule has 0 N–H and O–H groups in total. The van der Waals surface area contributed by atoms with E-state index >= 15 is 0 Å². The second kappa shape index (κ2) is 5.72. The maximum Gasteiger partial charge on any atom is 0.427 e. The van der Waals surface area contributed by atoms with Gasteiger partial charge in [0.2, 0.25) is 11.2 Å². The lowest BCUT2D eigenvalue weighted by atomic mass is 10.1. The van der Waals surface area contributed by atoms with E-state index in [2.05, 4.69) is 9.47 Å². The predicted octanol–water partition coefficient (Wildman–Crippen LogP) is 3.14. The van der Waals surface area contributed by atoms with Gasteiger partial charge in [-0.3, -0.25) is 9.59 Å². The van der Waals surface area contributed by atoms with Crippen LogP contribution in [0.15, 0.2) is 0 Å². The average Bonchev–Trinajstić information content (AvgIpc) is 2.10. The Morgan fingerprint density at radius 2 is 0.952 bits per heavy atom. The Morgan fingerprint density at radius 3 is 1.14 bits per heavy atom. The fourth-order valence-electron chi connectivity index (χ4n) is 0.875. The van der Waals surface area contributed by atoms with Crippen molar-refractivity contribution in [3.05, 3.63) is 0 Å². The zero-order valence-corrected chi connectivity index (χ0v) is 11.6. The van der Waals surface area contributed by atoms with Crippen LogP contribution < -0.4 is 0 Å². The van der Waals surface area contributed by atoms with Crippen LogP contribution in [0.4, 0.5) is 26.3 Å². The van der Waals surface area contributed by atoms with E-state index in [1.165, 1.54) is 0 Å². The van der Waals surface area contributed by atoms with Crippen molar-refractivity contribution in [1.29, 1.82) is 0 Å². The highest BCUT2D eigenvalue weighted by Gasteiger charge is 2.52. The highest BCUT2D eigenvalue weighted by Crippen LogP contribution is 2.34. The number of esters is 2. The van der Waals surface area contributed by atoms with E-state index in [4.69, 9.17) is 0 Å². The highest BCUT2D eigenvalue weighted by molar-refractivity contribution is 5.91. The van der Waals surface area contributed by atoms with Crippen LogP contribution in [0.25, 0.3) is 0 Å². The number of hydrogen-bond acceptors (Lipinski definition) is 4. The van der Waals surface area contributed by atoms with Crippen molar-refractivity contribution < 1.29 is 45.4 Å². The van der Waals surface area contributed by atoms with Gasteiger partial charge in [0.05, 0.1) is 0 Å². The molecule has 0 spiro atoms. The third kappa shape index (κ3) is 5.43. The minimum Gasteiger partial charge on any atom is -0.450 e. The molecular formula is C11H14F6O4. The van der Waals surface area contributed by atoms with Gasteiger partial charge in [-0.1, -0.05) is 0 Å². The molecule has 124 valence electrons. The molecule has 10 heteroatoms. The lowest BCUT2D eigenvalue weighted by Gasteiger charge is -2.29. The molecule has 0 radical (unpaired) electrons. The van der Waals surface area contributed by atoms with Crippen LogP contribution in [0.3, 0.4) is 0 Å². The van der Waals surface area contributed by atoms with Crippen molar-refractivity contribution in [2.45, 2.75) is 57.7 Å². The zero-order chi connectivity index (χ0) is 17.3. The first-order valence-corrected chi connectivity index (χ1v) is 5.57. The Hall–Kier alpha value is -1.48. The quantitative estimate of drug-likeness (QED) is 0.453. The number of hydrogen-bond donors (Lipinski definition) is 0. The third-order valence-corrected chi connectivity index (χ3v) is 2.39. The lowest BCUT2D eigenvalue weighted by molar-refractivity contribution is -0.262. The summed E-state index contributed by atoms with van der Waals surface area (Å²) in [7, 11) is 0. The summed E-state index contributed by atoms with van der Waals surface area (Å²) in [5.41, 5.74) is -5.74. The molecule has 0 fully saturated rings. The summed E-state index contributed by atoms with van der Waals surface area (Å²) in [5, 5.41) is 0. The van der Waals surface area contributed by atoms with E-state index in [1.807, 2.05) is 0 Å². The summed E-state index contributed by atoms with van der Waals surface area (Å²) in [4.78, 5) is 22.3. The van der Waals surface area contributed by atoms with E-state index in [0.29, 0.717) is 27.7 Å². The Morgan fingerprint density at radius 1 is 0.714 bits per heavy atom. The number of halogens is 6. The molecule has 0 unspecified atom stereocenters. The standard InChI is InChI=1S/C11H14F6O4/c1-8(2,10(12,13)14)20-6(18)5-7(19)21-9(3,4)11(15,16)17/h5H2,1-4H3. The summed E-state index contributed by atoms with van der Waals surface area (Å²) in [6.07, 6.45) is -11.1. The molecule has 0 heterocycles. The fraction of sp³-hybridized carbons (Fsp3) is 0.818. The number of alkyl halides is 6. The second-order valence-electron chi connectivity index (χ2n) is 5.14. The van der Waals surface area contributed by atoms with Gasteiger partial charge in [0.25, 0.3) is 0 Å². The van der Waals surface area contributed by atoms with Crippen molar-refractivity contribution in [1.82, 2.24) is 0 Å². The second-order valence-corrected chi connectivity index (χ2v) is 5.14. The minimum absolute atomic E-state index is 0.538. The van der Waals surface area contributed by atoms with Gasteiger partial charge in [-0.25, -0.2) is 0 Å². The summed E-state index contributed by atoms with van der Waals surface area (Å²) in [5.74, 6) is -3.28. The van der Waals surface area contributed by atoms with E-state index < -0.39 is 41.9 Å². The SMILES string of the molecule is CC(C)(OC(=O)CC(=O)OC(C)(C)C(F)(F)F)C(F)(F)F. The monoisotopic (exact) mass is 324 g/mol. The Labute approximate surface area is 116 Å². The maximum absolute atomic E-state index is 12.4. The van der Waals surface area contributed by atoms with Gasteiger partial charge in [0.1, 0.15) is 6.42 Å². The van der Waals surface area contributed by atoms with Crippen molar-refractivity contribution in [2.24, 2.45) is 0 Å². The Balaban J connectivity index is 4.66. The molecule has 0 aromatic rings. The molecule has 0 aliphatic heterocycles. The molecule has 0 saturated carbocycles. The topological polar surface area (TPSA) is 52.6 Å². The summed E-state index contributed by atoms with van der Waals surface area (Å²) >= 11 is 0. The molecule has 0 aliphatic carbocycles. The van der Waals surface area contributed by atoms with E-state index in [0.717, 1.165) is 0 Å². The van der Waals surface area contributed by atoms with Crippen LogP contribution in [-0.2, 0) is 19.1 Å². The van der Waals surface area contributed by atoms with Gasteiger partial charge in [0, 0.05) is 0 Å². The Bertz CT molecular complexity index is 370. The van der Waals surface area contributed by atoms with Gasteiger partial charge in [-0.05, 0) is 27.7 Å². The molecule has 0 amide bonds. The summed E-state index contributed by atoms with van der Waals surface area (Å²) < 4.78 is 82.6. The lowest BCUT2D eigenvalue weighted by Crippen LogP contribution is -2.45. The molecule has 0 aromatic heterocycles. The molecule has 0 saturated heterocycles. The smallest absolute Gasteiger partial charge is 0.427 e. The molecule has 0 rings (SSSR count). The fourth-order valence-corrected chi connectivity index (χ4v) is 0.875. The largest absolute Gasteiger partial charge is 0.450 e. The van der Waals surface area contributed by atoms with E-state index in [1.54, 1.807) is 0 Å². The predicted molar refractivity (Wildman–Crippen MR) is 57.1 cm³/mol. The molecule has 4 nitrogen and oxygen atoms in total. The summed E-state index contributed by atoms with van der Waals surface area (Å²) in [6, 6.07) is 0. The number of carbonyl (C=O) groups is 2. The van der Waals surface area contributed by atoms with Crippen molar-refractivity contribution >= 4 is 11.9 Å². The highest BCUT2D eigenvalue weighted by atomic mass is 19.4. The zero-order valence-electron chi connectivity index (χ0n) is 11.6. The van der Waals surface area contributed by atoms with Crippen LogP contribution in [-0.4, -0.2) is 35.5 Å². The van der Waals surface area contributed by atoms with Gasteiger partial charge in [-0.2, -0.15) is 26.3 Å². The van der Waals surface area contributed by atoms with E-state index in [9.17, 15) is 35.9 Å².